The molecule has 9 heteroatoms. The van der Waals surface area contributed by atoms with Crippen LogP contribution in [-0.4, -0.2) is 51.4 Å². The zero-order valence-electron chi connectivity index (χ0n) is 19.3. The smallest absolute Gasteiger partial charge is 0.338 e. The molecule has 0 saturated carbocycles. The Balaban J connectivity index is 1.76. The highest BCUT2D eigenvalue weighted by molar-refractivity contribution is 7.92. The molecule has 1 aliphatic heterocycles. The number of para-hydroxylation sites is 1. The Kier molecular flexibility index (Phi) is 8.38. The molecule has 3 rings (SSSR count). The van der Waals surface area contributed by atoms with Crippen LogP contribution in [0.4, 0.5) is 5.69 Å². The van der Waals surface area contributed by atoms with E-state index in [2.05, 4.69) is 20.4 Å². The largest absolute Gasteiger partial charge is 0.452 e. The lowest BCUT2D eigenvalue weighted by molar-refractivity contribution is -0.137. The molecule has 0 radical (unpaired) electrons. The SMILES string of the molecule is C=CCN(c1ccccc1Cl)S(=O)(=O)c1cccc(C(=O)OCC(=O)N2CC(C)CC(C)C2)c1. The van der Waals surface area contributed by atoms with Gasteiger partial charge in [0.05, 0.1) is 27.7 Å². The number of ether oxygens (including phenoxy) is 1. The van der Waals surface area contributed by atoms with Crippen molar-refractivity contribution in [3.63, 3.8) is 0 Å². The van der Waals surface area contributed by atoms with Crippen molar-refractivity contribution < 1.29 is 22.7 Å². The van der Waals surface area contributed by atoms with Crippen molar-refractivity contribution in [2.75, 3.05) is 30.5 Å². The molecule has 2 aromatic rings. The van der Waals surface area contributed by atoms with Gasteiger partial charge in [0.2, 0.25) is 0 Å². The normalized spacial score (nSPS) is 18.3. The van der Waals surface area contributed by atoms with Gasteiger partial charge in [-0.3, -0.25) is 9.10 Å². The van der Waals surface area contributed by atoms with E-state index in [1.165, 1.54) is 30.3 Å². The van der Waals surface area contributed by atoms with Crippen LogP contribution in [0.15, 0.2) is 66.1 Å². The monoisotopic (exact) mass is 504 g/mol. The minimum atomic E-state index is -4.06. The first-order chi connectivity index (χ1) is 16.1. The third-order valence-corrected chi connectivity index (χ3v) is 7.72. The lowest BCUT2D eigenvalue weighted by Crippen LogP contribution is -2.44. The zero-order valence-corrected chi connectivity index (χ0v) is 20.9. The highest BCUT2D eigenvalue weighted by atomic mass is 35.5. The van der Waals surface area contributed by atoms with E-state index >= 15 is 0 Å². The Hall–Kier alpha value is -2.84. The van der Waals surface area contributed by atoms with Crippen molar-refractivity contribution >= 4 is 39.2 Å². The summed E-state index contributed by atoms with van der Waals surface area (Å²) in [5, 5.41) is 0.267. The van der Waals surface area contributed by atoms with Gasteiger partial charge in [-0.15, -0.1) is 6.58 Å². The maximum absolute atomic E-state index is 13.4. The summed E-state index contributed by atoms with van der Waals surface area (Å²) in [4.78, 5) is 26.8. The summed E-state index contributed by atoms with van der Waals surface area (Å²) in [5.41, 5.74) is 0.333. The van der Waals surface area contributed by atoms with E-state index in [-0.39, 0.29) is 27.9 Å². The Morgan fingerprint density at radius 1 is 1.15 bits per heavy atom. The standard InChI is InChI=1S/C25H29ClN2O5S/c1-4-12-28(23-11-6-5-10-22(23)26)34(31,32)21-9-7-8-20(14-21)25(30)33-17-24(29)27-15-18(2)13-19(3)16-27/h4-11,14,18-19H,1,12-13,15-17H2,2-3H3. The van der Waals surface area contributed by atoms with Gasteiger partial charge in [-0.1, -0.05) is 49.7 Å². The second-order valence-corrected chi connectivity index (χ2v) is 10.9. The molecule has 2 unspecified atom stereocenters. The van der Waals surface area contributed by atoms with E-state index in [0.717, 1.165) is 10.7 Å². The summed E-state index contributed by atoms with van der Waals surface area (Å²) in [5.74, 6) is -0.244. The van der Waals surface area contributed by atoms with Gasteiger partial charge in [0.25, 0.3) is 15.9 Å². The number of hydrogen-bond donors (Lipinski definition) is 0. The van der Waals surface area contributed by atoms with Crippen LogP contribution >= 0.6 is 11.6 Å². The van der Waals surface area contributed by atoms with Crippen molar-refractivity contribution in [2.45, 2.75) is 25.2 Å². The molecule has 0 aliphatic carbocycles. The summed E-state index contributed by atoms with van der Waals surface area (Å²) in [6.07, 6.45) is 2.51. The number of hydrogen-bond acceptors (Lipinski definition) is 5. The molecule has 1 amide bonds. The number of rotatable bonds is 8. The maximum atomic E-state index is 13.4. The molecule has 0 bridgehead atoms. The number of carbonyl (C=O) groups excluding carboxylic acids is 2. The molecule has 1 aliphatic rings. The van der Waals surface area contributed by atoms with Gasteiger partial charge in [-0.05, 0) is 48.6 Å². The summed E-state index contributed by atoms with van der Waals surface area (Å²) < 4.78 is 33.1. The van der Waals surface area contributed by atoms with Crippen LogP contribution in [0, 0.1) is 11.8 Å². The Morgan fingerprint density at radius 3 is 2.47 bits per heavy atom. The number of sulfonamides is 1. The first-order valence-corrected chi connectivity index (χ1v) is 12.9. The highest BCUT2D eigenvalue weighted by Crippen LogP contribution is 2.30. The van der Waals surface area contributed by atoms with Crippen LogP contribution in [0.1, 0.15) is 30.6 Å². The third-order valence-electron chi connectivity index (χ3n) is 5.62. The molecule has 1 heterocycles. The quantitative estimate of drug-likeness (QED) is 0.393. The summed E-state index contributed by atoms with van der Waals surface area (Å²) in [6.45, 7) is 8.68. The first-order valence-electron chi connectivity index (χ1n) is 11.1. The molecule has 34 heavy (non-hydrogen) atoms. The van der Waals surface area contributed by atoms with Crippen LogP contribution in [0.3, 0.4) is 0 Å². The third kappa shape index (κ3) is 5.98. The van der Waals surface area contributed by atoms with Gasteiger partial charge in [-0.25, -0.2) is 13.2 Å². The fraction of sp³-hybridized carbons (Fsp3) is 0.360. The van der Waals surface area contributed by atoms with Crippen LogP contribution in [0.5, 0.6) is 0 Å². The molecule has 0 N–H and O–H groups in total. The summed E-state index contributed by atoms with van der Waals surface area (Å²) in [7, 11) is -4.06. The molecule has 7 nitrogen and oxygen atoms in total. The van der Waals surface area contributed by atoms with Gasteiger partial charge in [0, 0.05) is 13.1 Å². The Morgan fingerprint density at radius 2 is 1.82 bits per heavy atom. The van der Waals surface area contributed by atoms with Gasteiger partial charge in [0.15, 0.2) is 6.61 Å². The molecule has 0 aromatic heterocycles. The lowest BCUT2D eigenvalue weighted by Gasteiger charge is -2.34. The molecule has 1 saturated heterocycles. The van der Waals surface area contributed by atoms with E-state index in [0.29, 0.717) is 30.6 Å². The summed E-state index contributed by atoms with van der Waals surface area (Å²) in [6, 6.07) is 12.1. The van der Waals surface area contributed by atoms with E-state index in [9.17, 15) is 18.0 Å². The average Bonchev–Trinajstić information content (AvgIpc) is 2.80. The number of halogens is 1. The van der Waals surface area contributed by atoms with Gasteiger partial charge >= 0.3 is 5.97 Å². The second-order valence-electron chi connectivity index (χ2n) is 8.62. The number of nitrogens with zero attached hydrogens (tertiary/aromatic N) is 2. The van der Waals surface area contributed by atoms with Crippen molar-refractivity contribution in [1.29, 1.82) is 0 Å². The molecular formula is C25H29ClN2O5S. The maximum Gasteiger partial charge on any atom is 0.338 e. The van der Waals surface area contributed by atoms with Crippen molar-refractivity contribution in [2.24, 2.45) is 11.8 Å². The zero-order chi connectivity index (χ0) is 24.9. The lowest BCUT2D eigenvalue weighted by atomic mass is 9.92. The van der Waals surface area contributed by atoms with Crippen LogP contribution in [0.25, 0.3) is 0 Å². The van der Waals surface area contributed by atoms with Crippen molar-refractivity contribution in [3.8, 4) is 0 Å². The molecular weight excluding hydrogens is 476 g/mol. The fourth-order valence-electron chi connectivity index (χ4n) is 4.18. The Bertz CT molecular complexity index is 1160. The number of carbonyl (C=O) groups is 2. The number of esters is 1. The first kappa shape index (κ1) is 25.8. The minimum Gasteiger partial charge on any atom is -0.452 e. The van der Waals surface area contributed by atoms with E-state index in [1.807, 2.05) is 0 Å². The summed E-state index contributed by atoms with van der Waals surface area (Å²) >= 11 is 6.23. The molecule has 1 fully saturated rings. The van der Waals surface area contributed by atoms with Crippen molar-refractivity contribution in [3.05, 3.63) is 71.8 Å². The van der Waals surface area contributed by atoms with E-state index in [1.54, 1.807) is 29.2 Å². The Labute approximate surface area is 206 Å². The minimum absolute atomic E-state index is 0.0120. The predicted octanol–water partition coefficient (Wildman–Crippen LogP) is 4.38. The highest BCUT2D eigenvalue weighted by Gasteiger charge is 2.28. The predicted molar refractivity (Wildman–Crippen MR) is 132 cm³/mol. The van der Waals surface area contributed by atoms with E-state index < -0.39 is 22.6 Å². The molecule has 2 aromatic carbocycles. The van der Waals surface area contributed by atoms with Crippen LogP contribution in [-0.2, 0) is 19.6 Å². The average molecular weight is 505 g/mol. The second kappa shape index (κ2) is 11.1. The van der Waals surface area contributed by atoms with Crippen LogP contribution in [0.2, 0.25) is 5.02 Å². The van der Waals surface area contributed by atoms with Gasteiger partial charge in [0.1, 0.15) is 0 Å². The van der Waals surface area contributed by atoms with Gasteiger partial charge in [-0.2, -0.15) is 0 Å². The number of amides is 1. The molecule has 0 spiro atoms. The van der Waals surface area contributed by atoms with Crippen molar-refractivity contribution in [1.82, 2.24) is 4.90 Å². The van der Waals surface area contributed by atoms with Crippen LogP contribution < -0.4 is 4.31 Å². The van der Waals surface area contributed by atoms with E-state index in [4.69, 9.17) is 16.3 Å². The topological polar surface area (TPSA) is 84.0 Å². The number of piperidine rings is 1. The fourth-order valence-corrected chi connectivity index (χ4v) is 5.97. The molecule has 2 atom stereocenters. The molecule has 182 valence electrons. The number of benzene rings is 2. The van der Waals surface area contributed by atoms with Gasteiger partial charge < -0.3 is 9.64 Å². The number of anilines is 1. The number of likely N-dealkylation sites (tertiary alicyclic amines) is 1.